The number of carbonyl (C=O) groups is 1. The van der Waals surface area contributed by atoms with E-state index in [1.54, 1.807) is 36.2 Å². The number of anilines is 1. The summed E-state index contributed by atoms with van der Waals surface area (Å²) in [5.41, 5.74) is 1.81. The number of hydrogen-bond donors (Lipinski definition) is 0. The minimum Gasteiger partial charge on any atom is -0.350 e. The number of hydrogen-bond acceptors (Lipinski definition) is 6. The van der Waals surface area contributed by atoms with Gasteiger partial charge in [0, 0.05) is 37.4 Å². The zero-order valence-corrected chi connectivity index (χ0v) is 23.8. The van der Waals surface area contributed by atoms with Crippen molar-refractivity contribution in [2.45, 2.75) is 46.6 Å². The highest BCUT2D eigenvalue weighted by molar-refractivity contribution is 5.91. The van der Waals surface area contributed by atoms with Crippen LogP contribution in [0.25, 0.3) is 28.0 Å². The summed E-state index contributed by atoms with van der Waals surface area (Å²) in [5, 5.41) is 0.299. The van der Waals surface area contributed by atoms with E-state index >= 15 is 8.78 Å². The quantitative estimate of drug-likeness (QED) is 0.318. The predicted octanol–water partition coefficient (Wildman–Crippen LogP) is 5.08. The van der Waals surface area contributed by atoms with Gasteiger partial charge < -0.3 is 9.80 Å². The molecule has 1 saturated heterocycles. The van der Waals surface area contributed by atoms with Crippen molar-refractivity contribution in [2.24, 2.45) is 0 Å². The Morgan fingerprint density at radius 2 is 1.85 bits per heavy atom. The summed E-state index contributed by atoms with van der Waals surface area (Å²) in [6.07, 6.45) is 2.95. The number of nitrogens with zero attached hydrogens (tertiary/aromatic N) is 6. The van der Waals surface area contributed by atoms with Gasteiger partial charge in [0.15, 0.2) is 5.65 Å². The number of fused-ring (bicyclic) bond motifs is 1. The predicted molar refractivity (Wildman–Crippen MR) is 155 cm³/mol. The fourth-order valence-corrected chi connectivity index (χ4v) is 5.52. The zero-order valence-electron chi connectivity index (χ0n) is 23.8. The van der Waals surface area contributed by atoms with Crippen molar-refractivity contribution >= 4 is 22.8 Å². The van der Waals surface area contributed by atoms with Gasteiger partial charge in [-0.25, -0.2) is 23.1 Å². The number of pyridine rings is 2. The lowest BCUT2D eigenvalue weighted by molar-refractivity contribution is -0.126. The molecule has 212 valence electrons. The molecule has 4 heterocycles. The third-order valence-electron chi connectivity index (χ3n) is 7.57. The summed E-state index contributed by atoms with van der Waals surface area (Å²) >= 11 is 0. The average molecular weight is 559 g/mol. The Bertz CT molecular complexity index is 1730. The Balaban J connectivity index is 1.83. The highest BCUT2D eigenvalue weighted by Crippen LogP contribution is 2.34. The molecular formula is C31H32F2N6O2. The third-order valence-corrected chi connectivity index (χ3v) is 7.57. The average Bonchev–Trinajstić information content (AvgIpc) is 2.93. The first-order valence-electron chi connectivity index (χ1n) is 13.6. The summed E-state index contributed by atoms with van der Waals surface area (Å²) in [7, 11) is 0. The van der Waals surface area contributed by atoms with Crippen LogP contribution >= 0.6 is 0 Å². The lowest BCUT2D eigenvalue weighted by atomic mass is 10.0. The van der Waals surface area contributed by atoms with Crippen LogP contribution in [-0.2, 0) is 4.79 Å². The zero-order chi connectivity index (χ0) is 29.6. The minimum atomic E-state index is -0.737. The van der Waals surface area contributed by atoms with Gasteiger partial charge in [-0.3, -0.25) is 9.78 Å². The molecule has 1 aromatic carbocycles. The molecule has 1 aliphatic rings. The van der Waals surface area contributed by atoms with Crippen LogP contribution in [0.1, 0.15) is 43.5 Å². The molecule has 41 heavy (non-hydrogen) atoms. The fraction of sp³-hybridized carbons (Fsp3) is 0.323. The SMILES string of the molecule is C=CC(=O)N1CCN(c2nc(=O)n(-c3c(C)ccnc3C(C)C)c3nc(-c4c(C)cccc4F)c(F)cc23)[C@@H](C)C1. The van der Waals surface area contributed by atoms with E-state index in [9.17, 15) is 9.59 Å². The van der Waals surface area contributed by atoms with Crippen molar-refractivity contribution in [3.63, 3.8) is 0 Å². The van der Waals surface area contributed by atoms with Crippen LogP contribution < -0.4 is 10.6 Å². The molecule has 10 heteroatoms. The van der Waals surface area contributed by atoms with E-state index in [1.807, 2.05) is 32.6 Å². The molecule has 8 nitrogen and oxygen atoms in total. The van der Waals surface area contributed by atoms with Gasteiger partial charge in [0.2, 0.25) is 5.91 Å². The number of amides is 1. The largest absolute Gasteiger partial charge is 0.355 e. The Morgan fingerprint density at radius 3 is 2.51 bits per heavy atom. The molecule has 5 rings (SSSR count). The van der Waals surface area contributed by atoms with Crippen molar-refractivity contribution in [3.8, 4) is 16.9 Å². The lowest BCUT2D eigenvalue weighted by Crippen LogP contribution is -2.54. The normalized spacial score (nSPS) is 15.6. The molecule has 1 fully saturated rings. The lowest BCUT2D eigenvalue weighted by Gasteiger charge is -2.40. The molecule has 0 N–H and O–H groups in total. The highest BCUT2D eigenvalue weighted by atomic mass is 19.1. The molecule has 1 aliphatic heterocycles. The number of rotatable bonds is 5. The summed E-state index contributed by atoms with van der Waals surface area (Å²) in [4.78, 5) is 43.4. The first kappa shape index (κ1) is 28.1. The molecule has 0 aliphatic carbocycles. The molecule has 0 unspecified atom stereocenters. The fourth-order valence-electron chi connectivity index (χ4n) is 5.52. The topological polar surface area (TPSA) is 84.2 Å². The molecule has 0 spiro atoms. The van der Waals surface area contributed by atoms with E-state index in [0.717, 1.165) is 5.56 Å². The number of aryl methyl sites for hydroxylation is 2. The van der Waals surface area contributed by atoms with Gasteiger partial charge in [-0.15, -0.1) is 0 Å². The second-order valence-electron chi connectivity index (χ2n) is 10.7. The molecule has 0 bridgehead atoms. The summed E-state index contributed by atoms with van der Waals surface area (Å²) in [5.74, 6) is -1.32. The number of piperazine rings is 1. The maximum absolute atomic E-state index is 15.9. The van der Waals surface area contributed by atoms with E-state index in [-0.39, 0.29) is 40.6 Å². The van der Waals surface area contributed by atoms with Crippen molar-refractivity contribution in [2.75, 3.05) is 24.5 Å². The molecule has 4 aromatic rings. The highest BCUT2D eigenvalue weighted by Gasteiger charge is 2.31. The van der Waals surface area contributed by atoms with Crippen LogP contribution in [0.5, 0.6) is 0 Å². The van der Waals surface area contributed by atoms with Crippen LogP contribution in [0.15, 0.2) is 54.0 Å². The molecule has 1 atom stereocenters. The standard InChI is InChI=1S/C31H32F2N6O2/c1-7-24(40)37-13-14-38(20(6)16-37)29-21-15-23(33)27(25-18(4)9-8-10-22(25)32)35-30(21)39(31(41)36-29)28-19(5)11-12-34-26(28)17(2)3/h7-12,15,17,20H,1,13-14,16H2,2-6H3/t20-/m0/s1. The second kappa shape index (κ2) is 10.8. The Hall–Kier alpha value is -4.47. The number of benzene rings is 1. The van der Waals surface area contributed by atoms with Crippen LogP contribution in [0, 0.1) is 25.5 Å². The van der Waals surface area contributed by atoms with Crippen LogP contribution in [0.3, 0.4) is 0 Å². The first-order valence-corrected chi connectivity index (χ1v) is 13.6. The van der Waals surface area contributed by atoms with Gasteiger partial charge in [0.25, 0.3) is 0 Å². The van der Waals surface area contributed by atoms with Crippen molar-refractivity contribution < 1.29 is 13.6 Å². The van der Waals surface area contributed by atoms with E-state index in [2.05, 4.69) is 21.5 Å². The van der Waals surface area contributed by atoms with E-state index < -0.39 is 17.3 Å². The Morgan fingerprint density at radius 1 is 1.10 bits per heavy atom. The van der Waals surface area contributed by atoms with Crippen molar-refractivity contribution in [1.29, 1.82) is 0 Å². The molecule has 3 aromatic heterocycles. The van der Waals surface area contributed by atoms with Gasteiger partial charge >= 0.3 is 5.69 Å². The van der Waals surface area contributed by atoms with Crippen LogP contribution in [0.4, 0.5) is 14.6 Å². The van der Waals surface area contributed by atoms with Gasteiger partial charge in [0.05, 0.1) is 16.8 Å². The van der Waals surface area contributed by atoms with Crippen LogP contribution in [-0.4, -0.2) is 56.0 Å². The first-order chi connectivity index (χ1) is 19.5. The molecule has 1 amide bonds. The van der Waals surface area contributed by atoms with Crippen LogP contribution in [0.2, 0.25) is 0 Å². The maximum Gasteiger partial charge on any atom is 0.355 e. The molecule has 0 saturated carbocycles. The van der Waals surface area contributed by atoms with Gasteiger partial charge in [-0.2, -0.15) is 4.98 Å². The van der Waals surface area contributed by atoms with E-state index in [1.165, 1.54) is 22.8 Å². The Labute approximate surface area is 237 Å². The molecular weight excluding hydrogens is 526 g/mol. The van der Waals surface area contributed by atoms with Crippen molar-refractivity contribution in [1.82, 2.24) is 24.4 Å². The van der Waals surface area contributed by atoms with Gasteiger partial charge in [-0.05, 0) is 62.1 Å². The minimum absolute atomic E-state index is 0.0289. The van der Waals surface area contributed by atoms with Crippen molar-refractivity contribution in [3.05, 3.63) is 88.1 Å². The maximum atomic E-state index is 15.9. The summed E-state index contributed by atoms with van der Waals surface area (Å²) < 4.78 is 32.3. The number of aromatic nitrogens is 4. The summed E-state index contributed by atoms with van der Waals surface area (Å²) in [6.45, 7) is 14.1. The third kappa shape index (κ3) is 4.87. The van der Waals surface area contributed by atoms with E-state index in [0.29, 0.717) is 42.0 Å². The smallest absolute Gasteiger partial charge is 0.350 e. The monoisotopic (exact) mass is 558 g/mol. The van der Waals surface area contributed by atoms with Gasteiger partial charge in [-0.1, -0.05) is 32.6 Å². The van der Waals surface area contributed by atoms with E-state index in [4.69, 9.17) is 0 Å². The van der Waals surface area contributed by atoms with Gasteiger partial charge in [0.1, 0.15) is 23.1 Å². The number of halogens is 2. The second-order valence-corrected chi connectivity index (χ2v) is 10.7. The number of carbonyl (C=O) groups excluding carboxylic acids is 1. The summed E-state index contributed by atoms with van der Waals surface area (Å²) in [6, 6.07) is 7.32. The molecule has 0 radical (unpaired) electrons. The Kier molecular flexibility index (Phi) is 7.42.